The van der Waals surface area contributed by atoms with Crippen LogP contribution in [0.5, 0.6) is 0 Å². The predicted octanol–water partition coefficient (Wildman–Crippen LogP) is 1.59. The van der Waals surface area contributed by atoms with Crippen molar-refractivity contribution < 1.29 is 13.6 Å². The van der Waals surface area contributed by atoms with Gasteiger partial charge in [-0.1, -0.05) is 13.8 Å². The maximum Gasteiger partial charge on any atom is 0.575 e. The highest BCUT2D eigenvalue weighted by molar-refractivity contribution is 6.34. The van der Waals surface area contributed by atoms with Crippen molar-refractivity contribution in [3.63, 3.8) is 0 Å². The molecular weight excluding hydrogens is 172 g/mol. The van der Waals surface area contributed by atoms with Crippen LogP contribution in [-0.2, 0) is 8.85 Å². The average Bonchev–Trinajstić information content (AvgIpc) is 2.03. The van der Waals surface area contributed by atoms with E-state index < -0.39 is 9.53 Å². The van der Waals surface area contributed by atoms with E-state index >= 15 is 0 Å². The van der Waals surface area contributed by atoms with Gasteiger partial charge in [0.1, 0.15) is 0 Å². The van der Waals surface area contributed by atoms with E-state index in [-0.39, 0.29) is 12.2 Å². The van der Waals surface area contributed by atoms with Gasteiger partial charge in [-0.05, 0) is 26.7 Å². The molecule has 0 aromatic heterocycles. The Kier molecular flexibility index (Phi) is 6.65. The van der Waals surface area contributed by atoms with E-state index in [1.54, 1.807) is 0 Å². The van der Waals surface area contributed by atoms with Crippen molar-refractivity contribution in [1.82, 2.24) is 0 Å². The van der Waals surface area contributed by atoms with Crippen LogP contribution in [0.1, 0.15) is 40.5 Å². The summed E-state index contributed by atoms with van der Waals surface area (Å²) < 4.78 is 10.4. The molecule has 1 N–H and O–H groups in total. The highest BCUT2D eigenvalue weighted by Gasteiger charge is 2.18. The molecule has 0 spiro atoms. The number of hydrogen-bond donors (Lipinski definition) is 1. The van der Waals surface area contributed by atoms with Crippen LogP contribution in [-0.4, -0.2) is 26.5 Å². The summed E-state index contributed by atoms with van der Waals surface area (Å²) in [5.74, 6) is 0. The van der Waals surface area contributed by atoms with Gasteiger partial charge in [0.2, 0.25) is 0 Å². The second-order valence-corrected chi connectivity index (χ2v) is 3.94. The summed E-state index contributed by atoms with van der Waals surface area (Å²) in [4.78, 5) is 9.31. The molecular formula is C8H19O3Si. The topological polar surface area (TPSA) is 38.7 Å². The minimum absolute atomic E-state index is 0.0907. The Morgan fingerprint density at radius 2 is 1.42 bits per heavy atom. The second kappa shape index (κ2) is 6.60. The fourth-order valence-corrected chi connectivity index (χ4v) is 1.62. The molecule has 2 unspecified atom stereocenters. The largest absolute Gasteiger partial charge is 0.575 e. The van der Waals surface area contributed by atoms with Gasteiger partial charge in [-0.2, -0.15) is 0 Å². The van der Waals surface area contributed by atoms with Crippen molar-refractivity contribution in [1.29, 1.82) is 0 Å². The molecule has 0 aliphatic carbocycles. The molecule has 0 aliphatic rings. The summed E-state index contributed by atoms with van der Waals surface area (Å²) in [6.07, 6.45) is 1.98. The highest BCUT2D eigenvalue weighted by Crippen LogP contribution is 2.02. The van der Waals surface area contributed by atoms with Crippen LogP contribution in [0, 0.1) is 0 Å². The first kappa shape index (κ1) is 12.1. The normalized spacial score (nSPS) is 16.5. The van der Waals surface area contributed by atoms with Gasteiger partial charge in [0, 0.05) is 12.2 Å². The minimum atomic E-state index is -2.01. The number of hydrogen-bond acceptors (Lipinski definition) is 3. The summed E-state index contributed by atoms with van der Waals surface area (Å²) in [6.45, 7) is 7.90. The molecule has 0 bridgehead atoms. The first-order chi connectivity index (χ1) is 5.60. The third kappa shape index (κ3) is 5.71. The Labute approximate surface area is 76.7 Å². The van der Waals surface area contributed by atoms with Crippen LogP contribution < -0.4 is 0 Å². The summed E-state index contributed by atoms with van der Waals surface area (Å²) in [5.41, 5.74) is 0. The van der Waals surface area contributed by atoms with Crippen molar-refractivity contribution in [2.75, 3.05) is 0 Å². The summed E-state index contributed by atoms with van der Waals surface area (Å²) in [6, 6.07) is 0. The van der Waals surface area contributed by atoms with Gasteiger partial charge in [0.25, 0.3) is 0 Å². The molecule has 0 heterocycles. The van der Waals surface area contributed by atoms with Gasteiger partial charge in [0.15, 0.2) is 0 Å². The summed E-state index contributed by atoms with van der Waals surface area (Å²) >= 11 is 0. The molecule has 0 rings (SSSR count). The van der Waals surface area contributed by atoms with E-state index in [2.05, 4.69) is 0 Å². The van der Waals surface area contributed by atoms with Crippen LogP contribution in [0.2, 0.25) is 0 Å². The molecule has 73 valence electrons. The molecule has 0 aromatic carbocycles. The fourth-order valence-electron chi connectivity index (χ4n) is 0.539. The highest BCUT2D eigenvalue weighted by atomic mass is 28.3. The van der Waals surface area contributed by atoms with Crippen molar-refractivity contribution in [2.45, 2.75) is 52.7 Å². The lowest BCUT2D eigenvalue weighted by atomic mass is 10.3. The second-order valence-electron chi connectivity index (χ2n) is 2.94. The van der Waals surface area contributed by atoms with Gasteiger partial charge in [-0.25, -0.2) is 0 Å². The maximum atomic E-state index is 9.31. The molecule has 0 amide bonds. The lowest BCUT2D eigenvalue weighted by molar-refractivity contribution is 0.0638. The molecule has 0 aliphatic heterocycles. The molecule has 4 heteroatoms. The first-order valence-electron chi connectivity index (χ1n) is 4.49. The Balaban J connectivity index is 3.51. The molecule has 0 saturated heterocycles. The zero-order valence-electron chi connectivity index (χ0n) is 8.33. The first-order valence-corrected chi connectivity index (χ1v) is 5.75. The quantitative estimate of drug-likeness (QED) is 0.648. The Morgan fingerprint density at radius 1 is 1.08 bits per heavy atom. The monoisotopic (exact) mass is 191 g/mol. The van der Waals surface area contributed by atoms with E-state index in [0.29, 0.717) is 0 Å². The van der Waals surface area contributed by atoms with Crippen LogP contribution in [0.25, 0.3) is 0 Å². The lowest BCUT2D eigenvalue weighted by Gasteiger charge is -2.16. The van der Waals surface area contributed by atoms with Crippen molar-refractivity contribution in [3.8, 4) is 0 Å². The van der Waals surface area contributed by atoms with Gasteiger partial charge >= 0.3 is 9.53 Å². The molecule has 1 radical (unpaired) electrons. The number of rotatable bonds is 6. The Hall–Kier alpha value is 0.0969. The van der Waals surface area contributed by atoms with Crippen LogP contribution in [0.4, 0.5) is 0 Å². The van der Waals surface area contributed by atoms with E-state index in [4.69, 9.17) is 8.85 Å². The van der Waals surface area contributed by atoms with Crippen molar-refractivity contribution in [2.24, 2.45) is 0 Å². The molecule has 0 aromatic rings. The van der Waals surface area contributed by atoms with Crippen LogP contribution in [0.3, 0.4) is 0 Å². The zero-order chi connectivity index (χ0) is 9.56. The van der Waals surface area contributed by atoms with E-state index in [9.17, 15) is 4.80 Å². The lowest BCUT2D eigenvalue weighted by Crippen LogP contribution is -2.30. The van der Waals surface area contributed by atoms with Crippen molar-refractivity contribution in [3.05, 3.63) is 0 Å². The minimum Gasteiger partial charge on any atom is -0.387 e. The standard InChI is InChI=1S/C8H19O3Si/c1-5-7(3)10-12(9)11-8(4)6-2/h7-9H,5-6H2,1-4H3. The SMILES string of the molecule is CCC(C)O[Si](O)OC(C)CC. The smallest absolute Gasteiger partial charge is 0.387 e. The van der Waals surface area contributed by atoms with Gasteiger partial charge in [-0.15, -0.1) is 0 Å². The van der Waals surface area contributed by atoms with Crippen LogP contribution in [0.15, 0.2) is 0 Å². The van der Waals surface area contributed by atoms with E-state index in [1.165, 1.54) is 0 Å². The van der Waals surface area contributed by atoms with E-state index in [0.717, 1.165) is 12.8 Å². The maximum absolute atomic E-state index is 9.31. The summed E-state index contributed by atoms with van der Waals surface area (Å²) in [5, 5.41) is 0. The third-order valence-electron chi connectivity index (χ3n) is 1.75. The van der Waals surface area contributed by atoms with Crippen LogP contribution >= 0.6 is 0 Å². The molecule has 0 saturated carbocycles. The van der Waals surface area contributed by atoms with Gasteiger partial charge in [0.05, 0.1) is 0 Å². The zero-order valence-corrected chi connectivity index (χ0v) is 9.33. The van der Waals surface area contributed by atoms with Crippen molar-refractivity contribution >= 4 is 9.53 Å². The van der Waals surface area contributed by atoms with E-state index in [1.807, 2.05) is 27.7 Å². The van der Waals surface area contributed by atoms with Gasteiger partial charge < -0.3 is 13.6 Å². The molecule has 0 fully saturated rings. The van der Waals surface area contributed by atoms with Gasteiger partial charge in [-0.3, -0.25) is 0 Å². The molecule has 12 heavy (non-hydrogen) atoms. The Bertz CT molecular complexity index is 98.5. The third-order valence-corrected chi connectivity index (χ3v) is 2.96. The molecule has 3 nitrogen and oxygen atoms in total. The molecule has 2 atom stereocenters. The predicted molar refractivity (Wildman–Crippen MR) is 49.6 cm³/mol. The fraction of sp³-hybridized carbons (Fsp3) is 1.00. The average molecular weight is 191 g/mol. The summed E-state index contributed by atoms with van der Waals surface area (Å²) in [7, 11) is -2.01. The Morgan fingerprint density at radius 3 is 1.67 bits per heavy atom.